The Labute approximate surface area is 108 Å². The third-order valence-corrected chi connectivity index (χ3v) is 3.02. The zero-order valence-corrected chi connectivity index (χ0v) is 11.5. The molecule has 3 heteroatoms. The van der Waals surface area contributed by atoms with Crippen molar-refractivity contribution in [2.24, 2.45) is 7.05 Å². The third-order valence-electron chi connectivity index (χ3n) is 3.02. The Morgan fingerprint density at radius 2 is 1.83 bits per heavy atom. The van der Waals surface area contributed by atoms with Gasteiger partial charge in [-0.25, -0.2) is 4.98 Å². The predicted molar refractivity (Wildman–Crippen MR) is 72.7 cm³/mol. The van der Waals surface area contributed by atoms with Crippen molar-refractivity contribution >= 4 is 0 Å². The molecule has 0 unspecified atom stereocenters. The molecular formula is C15H20N2O. The molecule has 0 fully saturated rings. The van der Waals surface area contributed by atoms with Crippen LogP contribution in [0.2, 0.25) is 0 Å². The van der Waals surface area contributed by atoms with Crippen LogP contribution in [0, 0.1) is 0 Å². The fraction of sp³-hybridized carbons (Fsp3) is 0.400. The lowest BCUT2D eigenvalue weighted by atomic mass is 9.87. The molecule has 0 aliphatic carbocycles. The third kappa shape index (κ3) is 2.92. The van der Waals surface area contributed by atoms with E-state index >= 15 is 0 Å². The fourth-order valence-corrected chi connectivity index (χ4v) is 1.73. The summed E-state index contributed by atoms with van der Waals surface area (Å²) in [7, 11) is 1.97. The summed E-state index contributed by atoms with van der Waals surface area (Å²) in [6, 6.07) is 8.30. The van der Waals surface area contributed by atoms with E-state index in [1.54, 1.807) is 6.33 Å². The smallest absolute Gasteiger partial charge is 0.130 e. The van der Waals surface area contributed by atoms with Crippen molar-refractivity contribution < 1.29 is 4.74 Å². The summed E-state index contributed by atoms with van der Waals surface area (Å²) >= 11 is 0. The van der Waals surface area contributed by atoms with Crippen LogP contribution in [0.5, 0.6) is 5.75 Å². The van der Waals surface area contributed by atoms with Gasteiger partial charge in [-0.3, -0.25) is 0 Å². The molecule has 3 nitrogen and oxygen atoms in total. The molecule has 0 atom stereocenters. The van der Waals surface area contributed by atoms with Crippen molar-refractivity contribution in [1.29, 1.82) is 0 Å². The normalized spacial score (nSPS) is 11.6. The molecule has 1 heterocycles. The van der Waals surface area contributed by atoms with Crippen LogP contribution in [-0.4, -0.2) is 9.55 Å². The van der Waals surface area contributed by atoms with E-state index in [0.29, 0.717) is 6.61 Å². The number of benzene rings is 1. The van der Waals surface area contributed by atoms with Crippen molar-refractivity contribution in [3.63, 3.8) is 0 Å². The molecule has 0 radical (unpaired) electrons. The highest BCUT2D eigenvalue weighted by Crippen LogP contribution is 2.24. The Balaban J connectivity index is 2.01. The van der Waals surface area contributed by atoms with Crippen molar-refractivity contribution in [1.82, 2.24) is 9.55 Å². The summed E-state index contributed by atoms with van der Waals surface area (Å²) in [5.74, 6) is 0.893. The maximum Gasteiger partial charge on any atom is 0.130 e. The first-order chi connectivity index (χ1) is 8.47. The van der Waals surface area contributed by atoms with E-state index in [9.17, 15) is 0 Å². The lowest BCUT2D eigenvalue weighted by molar-refractivity contribution is 0.297. The maximum atomic E-state index is 5.74. The van der Waals surface area contributed by atoms with Crippen LogP contribution in [0.1, 0.15) is 32.0 Å². The molecule has 2 rings (SSSR count). The van der Waals surface area contributed by atoms with Gasteiger partial charge < -0.3 is 9.30 Å². The zero-order valence-electron chi connectivity index (χ0n) is 11.5. The van der Waals surface area contributed by atoms with E-state index < -0.39 is 0 Å². The topological polar surface area (TPSA) is 27.1 Å². The monoisotopic (exact) mass is 244 g/mol. The number of aromatic nitrogens is 2. The Morgan fingerprint density at radius 3 is 2.33 bits per heavy atom. The number of ether oxygens (including phenoxy) is 1. The van der Waals surface area contributed by atoms with E-state index in [4.69, 9.17) is 4.74 Å². The van der Waals surface area contributed by atoms with Crippen LogP contribution >= 0.6 is 0 Å². The van der Waals surface area contributed by atoms with E-state index in [1.807, 2.05) is 29.9 Å². The van der Waals surface area contributed by atoms with Crippen LogP contribution < -0.4 is 4.74 Å². The molecule has 18 heavy (non-hydrogen) atoms. The van der Waals surface area contributed by atoms with Crippen LogP contribution in [-0.2, 0) is 19.1 Å². The molecular weight excluding hydrogens is 224 g/mol. The predicted octanol–water partition coefficient (Wildman–Crippen LogP) is 3.30. The van der Waals surface area contributed by atoms with Gasteiger partial charge in [-0.2, -0.15) is 0 Å². The summed E-state index contributed by atoms with van der Waals surface area (Å²) in [5.41, 5.74) is 2.56. The fourth-order valence-electron chi connectivity index (χ4n) is 1.73. The Hall–Kier alpha value is -1.77. The second-order valence-electron chi connectivity index (χ2n) is 5.56. The van der Waals surface area contributed by atoms with Gasteiger partial charge in [-0.05, 0) is 23.1 Å². The largest absolute Gasteiger partial charge is 0.487 e. The second kappa shape index (κ2) is 4.84. The van der Waals surface area contributed by atoms with E-state index in [-0.39, 0.29) is 5.41 Å². The maximum absolute atomic E-state index is 5.74. The second-order valence-corrected chi connectivity index (χ2v) is 5.56. The first-order valence-corrected chi connectivity index (χ1v) is 6.15. The van der Waals surface area contributed by atoms with Crippen LogP contribution in [0.3, 0.4) is 0 Å². The molecule has 0 N–H and O–H groups in total. The standard InChI is InChI=1S/C15H20N2O/c1-15(2,3)12-5-7-14(8-6-12)18-10-13-9-16-11-17(13)4/h5-9,11H,10H2,1-4H3. The summed E-state index contributed by atoms with van der Waals surface area (Å²) in [6.07, 6.45) is 3.60. The molecule has 0 aliphatic heterocycles. The van der Waals surface area contributed by atoms with Gasteiger partial charge >= 0.3 is 0 Å². The van der Waals surface area contributed by atoms with Gasteiger partial charge in [0.15, 0.2) is 0 Å². The van der Waals surface area contributed by atoms with Gasteiger partial charge in [0.05, 0.1) is 18.2 Å². The number of rotatable bonds is 3. The minimum atomic E-state index is 0.181. The van der Waals surface area contributed by atoms with Gasteiger partial charge in [-0.15, -0.1) is 0 Å². The Kier molecular flexibility index (Phi) is 3.41. The lowest BCUT2D eigenvalue weighted by Crippen LogP contribution is -2.10. The zero-order chi connectivity index (χ0) is 13.2. The van der Waals surface area contributed by atoms with Gasteiger partial charge in [0.25, 0.3) is 0 Å². The number of hydrogen-bond donors (Lipinski definition) is 0. The van der Waals surface area contributed by atoms with Crippen LogP contribution in [0.15, 0.2) is 36.8 Å². The molecule has 0 bridgehead atoms. The summed E-state index contributed by atoms with van der Waals surface area (Å²) < 4.78 is 7.70. The van der Waals surface area contributed by atoms with Crippen molar-refractivity contribution in [2.45, 2.75) is 32.8 Å². The summed E-state index contributed by atoms with van der Waals surface area (Å²) in [4.78, 5) is 4.06. The minimum Gasteiger partial charge on any atom is -0.487 e. The number of hydrogen-bond acceptors (Lipinski definition) is 2. The number of aryl methyl sites for hydroxylation is 1. The van der Waals surface area contributed by atoms with Gasteiger partial charge in [0.2, 0.25) is 0 Å². The van der Waals surface area contributed by atoms with Crippen molar-refractivity contribution in [3.05, 3.63) is 48.0 Å². The van der Waals surface area contributed by atoms with Crippen molar-refractivity contribution in [3.8, 4) is 5.75 Å². The summed E-state index contributed by atoms with van der Waals surface area (Å²) in [6.45, 7) is 7.17. The molecule has 0 saturated heterocycles. The average molecular weight is 244 g/mol. The first kappa shape index (κ1) is 12.7. The molecule has 0 amide bonds. The Morgan fingerprint density at radius 1 is 1.17 bits per heavy atom. The SMILES string of the molecule is Cn1cncc1COc1ccc(C(C)(C)C)cc1. The molecule has 0 spiro atoms. The molecule has 1 aromatic heterocycles. The van der Waals surface area contributed by atoms with E-state index in [0.717, 1.165) is 11.4 Å². The highest BCUT2D eigenvalue weighted by molar-refractivity contribution is 5.31. The number of imidazole rings is 1. The van der Waals surface area contributed by atoms with Crippen molar-refractivity contribution in [2.75, 3.05) is 0 Å². The number of nitrogens with zero attached hydrogens (tertiary/aromatic N) is 2. The summed E-state index contributed by atoms with van der Waals surface area (Å²) in [5, 5.41) is 0. The van der Waals surface area contributed by atoms with Crippen LogP contribution in [0.25, 0.3) is 0 Å². The minimum absolute atomic E-state index is 0.181. The molecule has 96 valence electrons. The molecule has 0 aliphatic rings. The quantitative estimate of drug-likeness (QED) is 0.828. The van der Waals surface area contributed by atoms with Gasteiger partial charge in [0, 0.05) is 7.05 Å². The first-order valence-electron chi connectivity index (χ1n) is 6.15. The van der Waals surface area contributed by atoms with Gasteiger partial charge in [0.1, 0.15) is 12.4 Å². The highest BCUT2D eigenvalue weighted by atomic mass is 16.5. The van der Waals surface area contributed by atoms with E-state index in [2.05, 4.69) is 37.9 Å². The Bertz CT molecular complexity index is 506. The average Bonchev–Trinajstić information content (AvgIpc) is 2.72. The molecule has 0 saturated carbocycles. The molecule has 1 aromatic carbocycles. The highest BCUT2D eigenvalue weighted by Gasteiger charge is 2.12. The lowest BCUT2D eigenvalue weighted by Gasteiger charge is -2.19. The van der Waals surface area contributed by atoms with Gasteiger partial charge in [-0.1, -0.05) is 32.9 Å². The molecule has 2 aromatic rings. The van der Waals surface area contributed by atoms with Crippen LogP contribution in [0.4, 0.5) is 0 Å². The van der Waals surface area contributed by atoms with E-state index in [1.165, 1.54) is 5.56 Å².